The molecule has 0 radical (unpaired) electrons. The third-order valence-corrected chi connectivity index (χ3v) is 7.13. The summed E-state index contributed by atoms with van der Waals surface area (Å²) in [5.41, 5.74) is 11.5. The van der Waals surface area contributed by atoms with E-state index in [0.717, 1.165) is 60.0 Å². The molecule has 1 fully saturated rings. The molecule has 5 rings (SSSR count). The number of nitrogens with two attached hydrogens (primary N) is 1. The van der Waals surface area contributed by atoms with Crippen molar-refractivity contribution in [1.82, 2.24) is 14.5 Å². The van der Waals surface area contributed by atoms with Crippen LogP contribution in [0.5, 0.6) is 11.5 Å². The maximum atomic E-state index is 13.4. The van der Waals surface area contributed by atoms with Gasteiger partial charge in [-0.3, -0.25) is 9.69 Å². The van der Waals surface area contributed by atoms with Crippen molar-refractivity contribution in [2.75, 3.05) is 18.4 Å². The first-order valence-corrected chi connectivity index (χ1v) is 13.1. The summed E-state index contributed by atoms with van der Waals surface area (Å²) in [7, 11) is 0. The lowest BCUT2D eigenvalue weighted by Crippen LogP contribution is -2.45. The number of imidazole rings is 1. The van der Waals surface area contributed by atoms with Gasteiger partial charge in [-0.2, -0.15) is 0 Å². The van der Waals surface area contributed by atoms with E-state index in [9.17, 15) is 4.79 Å². The fourth-order valence-electron chi connectivity index (χ4n) is 4.87. The lowest BCUT2D eigenvalue weighted by Gasteiger charge is -2.35. The van der Waals surface area contributed by atoms with Gasteiger partial charge in [0.15, 0.2) is 0 Å². The number of carbonyl (C=O) groups excluding carboxylic acids is 1. The van der Waals surface area contributed by atoms with Crippen LogP contribution < -0.4 is 15.8 Å². The molecule has 196 valence electrons. The van der Waals surface area contributed by atoms with Gasteiger partial charge < -0.3 is 20.4 Å². The second-order valence-corrected chi connectivity index (χ2v) is 10.3. The highest BCUT2D eigenvalue weighted by atomic mass is 16.5. The number of anilines is 1. The van der Waals surface area contributed by atoms with Gasteiger partial charge in [0.25, 0.3) is 5.91 Å². The summed E-state index contributed by atoms with van der Waals surface area (Å²) < 4.78 is 8.03. The van der Waals surface area contributed by atoms with Gasteiger partial charge in [-0.25, -0.2) is 4.98 Å². The zero-order valence-corrected chi connectivity index (χ0v) is 22.2. The van der Waals surface area contributed by atoms with E-state index in [1.54, 1.807) is 12.4 Å². The van der Waals surface area contributed by atoms with Crippen molar-refractivity contribution in [1.29, 1.82) is 0 Å². The molecule has 0 spiro atoms. The standard InChI is InChI=1S/C31H35N5O2/c1-21-9-10-25(15-30(21)38-28-7-5-4-6-8-28)31(37)34-26-13-24(19-35-12-11-29(32)22(2)17-35)14-27(16-26)36-18-23(3)33-20-36/h4-10,13-16,18,20,22,29H,11-12,17,19,32H2,1-3H3,(H,34,37). The molecule has 38 heavy (non-hydrogen) atoms. The lowest BCUT2D eigenvalue weighted by molar-refractivity contribution is 0.102. The average molecular weight is 510 g/mol. The predicted molar refractivity (Wildman–Crippen MR) is 151 cm³/mol. The third kappa shape index (κ3) is 6.13. The van der Waals surface area contributed by atoms with Crippen molar-refractivity contribution >= 4 is 11.6 Å². The Hall–Kier alpha value is -3.94. The SMILES string of the molecule is Cc1cn(-c2cc(CN3CCC(N)C(C)C3)cc(NC(=O)c3ccc(C)c(Oc4ccccc4)c3)c2)cn1. The first-order chi connectivity index (χ1) is 18.3. The van der Waals surface area contributed by atoms with Gasteiger partial charge in [0, 0.05) is 42.3 Å². The number of hydrogen-bond donors (Lipinski definition) is 2. The number of aryl methyl sites for hydroxylation is 2. The minimum absolute atomic E-state index is 0.189. The fraction of sp³-hybridized carbons (Fsp3) is 0.290. The number of piperidine rings is 1. The first-order valence-electron chi connectivity index (χ1n) is 13.1. The molecule has 1 saturated heterocycles. The van der Waals surface area contributed by atoms with E-state index in [2.05, 4.69) is 34.3 Å². The van der Waals surface area contributed by atoms with Gasteiger partial charge in [0.05, 0.1) is 12.0 Å². The Morgan fingerprint density at radius 3 is 2.66 bits per heavy atom. The molecule has 3 N–H and O–H groups in total. The number of para-hydroxylation sites is 1. The van der Waals surface area contributed by atoms with E-state index in [4.69, 9.17) is 10.5 Å². The van der Waals surface area contributed by atoms with Crippen LogP contribution in [0.15, 0.2) is 79.3 Å². The largest absolute Gasteiger partial charge is 0.457 e. The van der Waals surface area contributed by atoms with Crippen LogP contribution in [0, 0.1) is 19.8 Å². The van der Waals surface area contributed by atoms with Crippen molar-refractivity contribution in [3.8, 4) is 17.2 Å². The zero-order chi connectivity index (χ0) is 26.6. The third-order valence-electron chi connectivity index (χ3n) is 7.13. The first kappa shape index (κ1) is 25.7. The molecule has 4 aromatic rings. The summed E-state index contributed by atoms with van der Waals surface area (Å²) >= 11 is 0. The molecule has 2 heterocycles. The Kier molecular flexibility index (Phi) is 7.58. The summed E-state index contributed by atoms with van der Waals surface area (Å²) in [5.74, 6) is 1.65. The van der Waals surface area contributed by atoms with Crippen LogP contribution in [-0.2, 0) is 6.54 Å². The van der Waals surface area contributed by atoms with E-state index < -0.39 is 0 Å². The van der Waals surface area contributed by atoms with Crippen LogP contribution in [-0.4, -0.2) is 39.5 Å². The second-order valence-electron chi connectivity index (χ2n) is 10.3. The van der Waals surface area contributed by atoms with Gasteiger partial charge >= 0.3 is 0 Å². The van der Waals surface area contributed by atoms with Gasteiger partial charge in [-0.05, 0) is 86.3 Å². The Morgan fingerprint density at radius 2 is 1.92 bits per heavy atom. The Labute approximate surface area is 224 Å². The number of hydrogen-bond acceptors (Lipinski definition) is 5. The fourth-order valence-corrected chi connectivity index (χ4v) is 4.87. The number of amides is 1. The predicted octanol–water partition coefficient (Wildman–Crippen LogP) is 5.70. The zero-order valence-electron chi connectivity index (χ0n) is 22.2. The second kappa shape index (κ2) is 11.2. The van der Waals surface area contributed by atoms with Crippen LogP contribution >= 0.6 is 0 Å². The summed E-state index contributed by atoms with van der Waals surface area (Å²) in [6.45, 7) is 8.87. The van der Waals surface area contributed by atoms with Crippen LogP contribution in [0.25, 0.3) is 5.69 Å². The molecule has 2 atom stereocenters. The molecular formula is C31H35N5O2. The van der Waals surface area contributed by atoms with Crippen LogP contribution in [0.4, 0.5) is 5.69 Å². The van der Waals surface area contributed by atoms with E-state index >= 15 is 0 Å². The molecule has 1 amide bonds. The lowest BCUT2D eigenvalue weighted by atomic mass is 9.94. The minimum atomic E-state index is -0.189. The summed E-state index contributed by atoms with van der Waals surface area (Å²) in [4.78, 5) is 20.2. The van der Waals surface area contributed by atoms with Gasteiger partial charge in [0.2, 0.25) is 0 Å². The minimum Gasteiger partial charge on any atom is -0.457 e. The monoisotopic (exact) mass is 509 g/mol. The smallest absolute Gasteiger partial charge is 0.255 e. The maximum Gasteiger partial charge on any atom is 0.255 e. The number of nitrogens with zero attached hydrogens (tertiary/aromatic N) is 3. The van der Waals surface area contributed by atoms with Crippen LogP contribution in [0.3, 0.4) is 0 Å². The van der Waals surface area contributed by atoms with Crippen molar-refractivity contribution in [2.24, 2.45) is 11.7 Å². The molecule has 1 aromatic heterocycles. The average Bonchev–Trinajstić information content (AvgIpc) is 3.34. The molecule has 7 nitrogen and oxygen atoms in total. The summed E-state index contributed by atoms with van der Waals surface area (Å²) in [6, 6.07) is 21.6. The Morgan fingerprint density at radius 1 is 1.11 bits per heavy atom. The normalized spacial score (nSPS) is 17.8. The maximum absolute atomic E-state index is 13.4. The molecule has 1 aliphatic rings. The molecular weight excluding hydrogens is 474 g/mol. The highest BCUT2D eigenvalue weighted by Crippen LogP contribution is 2.27. The summed E-state index contributed by atoms with van der Waals surface area (Å²) in [6.07, 6.45) is 4.78. The highest BCUT2D eigenvalue weighted by molar-refractivity contribution is 6.04. The molecule has 0 bridgehead atoms. The molecule has 0 saturated carbocycles. The van der Waals surface area contributed by atoms with Crippen molar-refractivity contribution < 1.29 is 9.53 Å². The van der Waals surface area contributed by atoms with E-state index in [1.165, 1.54) is 0 Å². The number of likely N-dealkylation sites (tertiary alicyclic amines) is 1. The number of nitrogens with one attached hydrogen (secondary N) is 1. The van der Waals surface area contributed by atoms with Crippen LogP contribution in [0.2, 0.25) is 0 Å². The van der Waals surface area contributed by atoms with Crippen molar-refractivity contribution in [2.45, 2.75) is 39.8 Å². The highest BCUT2D eigenvalue weighted by Gasteiger charge is 2.23. The Balaban J connectivity index is 1.39. The molecule has 0 aliphatic carbocycles. The summed E-state index contributed by atoms with van der Waals surface area (Å²) in [5, 5.41) is 3.11. The Bertz CT molecular complexity index is 1420. The van der Waals surface area contributed by atoms with E-state index in [-0.39, 0.29) is 11.9 Å². The molecule has 7 heteroatoms. The number of carbonyl (C=O) groups is 1. The van der Waals surface area contributed by atoms with Gasteiger partial charge in [0.1, 0.15) is 11.5 Å². The quantitative estimate of drug-likeness (QED) is 0.334. The van der Waals surface area contributed by atoms with Gasteiger partial charge in [-0.1, -0.05) is 31.2 Å². The van der Waals surface area contributed by atoms with E-state index in [1.807, 2.05) is 73.1 Å². The van der Waals surface area contributed by atoms with Crippen molar-refractivity contribution in [3.05, 3.63) is 102 Å². The number of benzene rings is 3. The van der Waals surface area contributed by atoms with Crippen molar-refractivity contribution in [3.63, 3.8) is 0 Å². The number of rotatable bonds is 7. The molecule has 2 unspecified atom stereocenters. The van der Waals surface area contributed by atoms with Gasteiger partial charge in [-0.15, -0.1) is 0 Å². The topological polar surface area (TPSA) is 85.4 Å². The number of ether oxygens (including phenoxy) is 1. The molecule has 3 aromatic carbocycles. The number of aromatic nitrogens is 2. The molecule has 1 aliphatic heterocycles. The van der Waals surface area contributed by atoms with Crippen LogP contribution in [0.1, 0.15) is 40.5 Å². The van der Waals surface area contributed by atoms with E-state index in [0.29, 0.717) is 17.2 Å².